The van der Waals surface area contributed by atoms with Crippen LogP contribution < -0.4 is 20.1 Å². The van der Waals surface area contributed by atoms with E-state index >= 15 is 0 Å². The van der Waals surface area contributed by atoms with Crippen molar-refractivity contribution in [1.29, 1.82) is 0 Å². The molecule has 0 unspecified atom stereocenters. The largest absolute Gasteiger partial charge is 0.495 e. The highest BCUT2D eigenvalue weighted by Crippen LogP contribution is 2.31. The lowest BCUT2D eigenvalue weighted by atomic mass is 10.1. The number of hydrogen-bond acceptors (Lipinski definition) is 3. The number of nitrogens with one attached hydrogen (secondary N) is 2. The van der Waals surface area contributed by atoms with E-state index in [2.05, 4.69) is 10.6 Å². The Bertz CT molecular complexity index is 660. The fraction of sp³-hybridized carbons (Fsp3) is 0.188. The van der Waals surface area contributed by atoms with Gasteiger partial charge in [-0.2, -0.15) is 0 Å². The number of benzene rings is 2. The molecule has 1 aliphatic rings. The number of anilines is 1. The van der Waals surface area contributed by atoms with Gasteiger partial charge in [0.15, 0.2) is 5.11 Å². The summed E-state index contributed by atoms with van der Waals surface area (Å²) in [5, 5.41) is 6.98. The molecule has 0 fully saturated rings. The van der Waals surface area contributed by atoms with Gasteiger partial charge < -0.3 is 20.1 Å². The molecule has 1 aliphatic heterocycles. The van der Waals surface area contributed by atoms with Crippen molar-refractivity contribution in [2.24, 2.45) is 0 Å². The summed E-state index contributed by atoms with van der Waals surface area (Å²) in [6, 6.07) is 15.7. The number of fused-ring (bicyclic) bond motifs is 1. The quantitative estimate of drug-likeness (QED) is 0.853. The Kier molecular flexibility index (Phi) is 3.92. The van der Waals surface area contributed by atoms with Crippen molar-refractivity contribution in [3.05, 3.63) is 54.1 Å². The Balaban J connectivity index is 1.68. The molecule has 5 heteroatoms. The minimum absolute atomic E-state index is 0.0657. The van der Waals surface area contributed by atoms with Crippen LogP contribution in [0.2, 0.25) is 0 Å². The molecule has 2 aromatic rings. The highest BCUT2D eigenvalue weighted by molar-refractivity contribution is 7.80. The lowest BCUT2D eigenvalue weighted by Gasteiger charge is -2.16. The van der Waals surface area contributed by atoms with E-state index < -0.39 is 0 Å². The van der Waals surface area contributed by atoms with Crippen LogP contribution in [0, 0.1) is 0 Å². The second-order valence-electron chi connectivity index (χ2n) is 4.70. The lowest BCUT2D eigenvalue weighted by molar-refractivity contribution is 0.325. The van der Waals surface area contributed by atoms with Crippen LogP contribution in [0.4, 0.5) is 5.69 Å². The topological polar surface area (TPSA) is 42.5 Å². The molecule has 2 aromatic carbocycles. The average Bonchev–Trinajstić information content (AvgIpc) is 2.91. The molecule has 108 valence electrons. The van der Waals surface area contributed by atoms with E-state index in [1.54, 1.807) is 7.11 Å². The zero-order valence-electron chi connectivity index (χ0n) is 11.6. The van der Waals surface area contributed by atoms with Crippen molar-refractivity contribution >= 4 is 23.0 Å². The summed E-state index contributed by atoms with van der Waals surface area (Å²) < 4.78 is 10.9. The van der Waals surface area contributed by atoms with Gasteiger partial charge in [-0.1, -0.05) is 30.3 Å². The minimum atomic E-state index is 0.0657. The number of hydrogen-bond donors (Lipinski definition) is 2. The first-order valence-corrected chi connectivity index (χ1v) is 7.11. The van der Waals surface area contributed by atoms with Crippen LogP contribution in [0.25, 0.3) is 0 Å². The molecular weight excluding hydrogens is 284 g/mol. The van der Waals surface area contributed by atoms with Crippen molar-refractivity contribution in [3.63, 3.8) is 0 Å². The molecule has 0 spiro atoms. The predicted octanol–water partition coefficient (Wildman–Crippen LogP) is 3.12. The molecular formula is C16H16N2O2S. The monoisotopic (exact) mass is 300 g/mol. The highest BCUT2D eigenvalue weighted by Gasteiger charge is 2.24. The maximum absolute atomic E-state index is 5.63. The Hall–Kier alpha value is -2.27. The van der Waals surface area contributed by atoms with Crippen molar-refractivity contribution < 1.29 is 9.47 Å². The predicted molar refractivity (Wildman–Crippen MR) is 87.0 cm³/mol. The molecule has 2 N–H and O–H groups in total. The summed E-state index contributed by atoms with van der Waals surface area (Å²) in [6.45, 7) is 0.576. The fourth-order valence-electron chi connectivity index (χ4n) is 2.35. The van der Waals surface area contributed by atoms with Crippen molar-refractivity contribution in [3.8, 4) is 11.5 Å². The zero-order valence-corrected chi connectivity index (χ0v) is 12.4. The molecule has 1 heterocycles. The van der Waals surface area contributed by atoms with E-state index in [1.807, 2.05) is 48.5 Å². The van der Waals surface area contributed by atoms with E-state index in [0.717, 1.165) is 22.7 Å². The standard InChI is InChI=1S/C16H16N2O2S/c1-19-15-9-5-3-7-12(15)17-16(21)18-13-10-20-14-8-4-2-6-11(13)14/h2-9,13H,10H2,1H3,(H2,17,18,21)/t13-/m1/s1. The Labute approximate surface area is 129 Å². The summed E-state index contributed by atoms with van der Waals surface area (Å²) in [5.74, 6) is 1.67. The maximum Gasteiger partial charge on any atom is 0.171 e. The van der Waals surface area contributed by atoms with Gasteiger partial charge in [0.25, 0.3) is 0 Å². The molecule has 0 amide bonds. The molecule has 0 aromatic heterocycles. The van der Waals surface area contributed by atoms with Crippen LogP contribution >= 0.6 is 12.2 Å². The van der Waals surface area contributed by atoms with E-state index in [4.69, 9.17) is 21.7 Å². The smallest absolute Gasteiger partial charge is 0.171 e. The summed E-state index contributed by atoms with van der Waals surface area (Å²) in [6.07, 6.45) is 0. The molecule has 21 heavy (non-hydrogen) atoms. The Morgan fingerprint density at radius 1 is 1.19 bits per heavy atom. The normalized spacial score (nSPS) is 15.8. The van der Waals surface area contributed by atoms with Crippen molar-refractivity contribution in [2.45, 2.75) is 6.04 Å². The molecule has 0 saturated carbocycles. The highest BCUT2D eigenvalue weighted by atomic mass is 32.1. The number of methoxy groups -OCH3 is 1. The van der Waals surface area contributed by atoms with E-state index in [-0.39, 0.29) is 6.04 Å². The van der Waals surface area contributed by atoms with Crippen LogP contribution in [0.5, 0.6) is 11.5 Å². The van der Waals surface area contributed by atoms with Gasteiger partial charge in [0.05, 0.1) is 18.8 Å². The molecule has 3 rings (SSSR count). The SMILES string of the molecule is COc1ccccc1NC(=S)N[C@@H]1COc2ccccc21. The molecule has 0 saturated heterocycles. The first-order chi connectivity index (χ1) is 10.3. The average molecular weight is 300 g/mol. The van der Waals surface area contributed by atoms with Gasteiger partial charge in [0.2, 0.25) is 0 Å². The summed E-state index contributed by atoms with van der Waals surface area (Å²) >= 11 is 5.38. The summed E-state index contributed by atoms with van der Waals surface area (Å²) in [5.41, 5.74) is 1.96. The van der Waals surface area contributed by atoms with Crippen LogP contribution in [0.1, 0.15) is 11.6 Å². The summed E-state index contributed by atoms with van der Waals surface area (Å²) in [7, 11) is 1.64. The van der Waals surface area contributed by atoms with Crippen molar-refractivity contribution in [2.75, 3.05) is 19.0 Å². The van der Waals surface area contributed by atoms with Gasteiger partial charge in [0.1, 0.15) is 18.1 Å². The molecule has 0 bridgehead atoms. The number of thiocarbonyl (C=S) groups is 1. The third-order valence-corrected chi connectivity index (χ3v) is 3.58. The van der Waals surface area contributed by atoms with Gasteiger partial charge in [-0.05, 0) is 30.4 Å². The van der Waals surface area contributed by atoms with Gasteiger partial charge in [-0.25, -0.2) is 0 Å². The molecule has 0 radical (unpaired) electrons. The van der Waals surface area contributed by atoms with Gasteiger partial charge >= 0.3 is 0 Å². The molecule has 1 atom stereocenters. The van der Waals surface area contributed by atoms with E-state index in [9.17, 15) is 0 Å². The van der Waals surface area contributed by atoms with E-state index in [0.29, 0.717) is 11.7 Å². The van der Waals surface area contributed by atoms with Crippen LogP contribution in [-0.4, -0.2) is 18.8 Å². The van der Waals surface area contributed by atoms with Gasteiger partial charge in [0, 0.05) is 5.56 Å². The number of rotatable bonds is 3. The van der Waals surface area contributed by atoms with E-state index in [1.165, 1.54) is 0 Å². The third-order valence-electron chi connectivity index (χ3n) is 3.36. The molecule has 4 nitrogen and oxygen atoms in total. The second kappa shape index (κ2) is 6.01. The maximum atomic E-state index is 5.63. The van der Waals surface area contributed by atoms with Crippen molar-refractivity contribution in [1.82, 2.24) is 5.32 Å². The van der Waals surface area contributed by atoms with Crippen LogP contribution in [0.15, 0.2) is 48.5 Å². The Morgan fingerprint density at radius 3 is 2.81 bits per heavy atom. The first kappa shape index (κ1) is 13.7. The first-order valence-electron chi connectivity index (χ1n) is 6.70. The molecule has 0 aliphatic carbocycles. The fourth-order valence-corrected chi connectivity index (χ4v) is 2.60. The van der Waals surface area contributed by atoms with Crippen LogP contribution in [0.3, 0.4) is 0 Å². The minimum Gasteiger partial charge on any atom is -0.495 e. The Morgan fingerprint density at radius 2 is 1.95 bits per heavy atom. The third kappa shape index (κ3) is 2.92. The zero-order chi connectivity index (χ0) is 14.7. The lowest BCUT2D eigenvalue weighted by Crippen LogP contribution is -2.33. The number of para-hydroxylation sites is 3. The summed E-state index contributed by atoms with van der Waals surface area (Å²) in [4.78, 5) is 0. The van der Waals surface area contributed by atoms with Crippen LogP contribution in [-0.2, 0) is 0 Å². The number of ether oxygens (including phenoxy) is 2. The second-order valence-corrected chi connectivity index (χ2v) is 5.11. The van der Waals surface area contributed by atoms with Gasteiger partial charge in [-0.15, -0.1) is 0 Å². The van der Waals surface area contributed by atoms with Gasteiger partial charge in [-0.3, -0.25) is 0 Å².